The Morgan fingerprint density at radius 2 is 1.81 bits per heavy atom. The van der Waals surface area contributed by atoms with Gasteiger partial charge in [0.2, 0.25) is 0 Å². The first kappa shape index (κ1) is 22.5. The number of hydrogen-bond donors (Lipinski definition) is 2. The average molecular weight is 470 g/mol. The Balaban J connectivity index is 0.00000338. The third kappa shape index (κ3) is 7.78. The van der Waals surface area contributed by atoms with Gasteiger partial charge in [0.15, 0.2) is 5.96 Å². The Kier molecular flexibility index (Phi) is 11.0. The Hall–Kier alpha value is -1.54. The van der Waals surface area contributed by atoms with Crippen LogP contribution in [0, 0.1) is 0 Å². The zero-order valence-corrected chi connectivity index (χ0v) is 18.3. The highest BCUT2D eigenvalue weighted by atomic mass is 127. The Bertz CT molecular complexity index is 639. The molecule has 0 aliphatic rings. The Morgan fingerprint density at radius 3 is 2.46 bits per heavy atom. The number of aliphatic imine (C=N–C) groups is 1. The van der Waals surface area contributed by atoms with Crippen LogP contribution in [0.2, 0.25) is 0 Å². The van der Waals surface area contributed by atoms with Crippen molar-refractivity contribution in [1.82, 2.24) is 15.5 Å². The first-order valence-corrected chi connectivity index (χ1v) is 9.09. The van der Waals surface area contributed by atoms with Gasteiger partial charge in [-0.25, -0.2) is 4.99 Å². The number of rotatable bonds is 9. The van der Waals surface area contributed by atoms with E-state index in [-0.39, 0.29) is 24.0 Å². The molecule has 26 heavy (non-hydrogen) atoms. The van der Waals surface area contributed by atoms with Crippen LogP contribution in [0.1, 0.15) is 37.7 Å². The van der Waals surface area contributed by atoms with Gasteiger partial charge in [0.05, 0.1) is 19.4 Å². The minimum atomic E-state index is 0. The molecule has 0 amide bonds. The molecule has 0 saturated carbocycles. The van der Waals surface area contributed by atoms with E-state index in [2.05, 4.69) is 65.6 Å². The summed E-state index contributed by atoms with van der Waals surface area (Å²) in [6.45, 7) is 11.7. The van der Waals surface area contributed by atoms with Gasteiger partial charge in [-0.3, -0.25) is 4.90 Å². The Morgan fingerprint density at radius 1 is 1.04 bits per heavy atom. The van der Waals surface area contributed by atoms with Gasteiger partial charge in [-0.1, -0.05) is 38.1 Å². The van der Waals surface area contributed by atoms with Gasteiger partial charge in [0.25, 0.3) is 0 Å². The normalized spacial score (nSPS) is 11.3. The Labute approximate surface area is 174 Å². The number of halogens is 1. The molecule has 5 nitrogen and oxygen atoms in total. The lowest BCUT2D eigenvalue weighted by molar-refractivity contribution is 0.296. The second kappa shape index (κ2) is 12.8. The van der Waals surface area contributed by atoms with E-state index in [4.69, 9.17) is 4.42 Å². The fraction of sp³-hybridized carbons (Fsp3) is 0.450. The van der Waals surface area contributed by atoms with Crippen LogP contribution in [0.3, 0.4) is 0 Å². The summed E-state index contributed by atoms with van der Waals surface area (Å²) in [6, 6.07) is 12.5. The van der Waals surface area contributed by atoms with Crippen molar-refractivity contribution in [3.63, 3.8) is 0 Å². The van der Waals surface area contributed by atoms with E-state index in [9.17, 15) is 0 Å². The van der Waals surface area contributed by atoms with Gasteiger partial charge in [-0.2, -0.15) is 0 Å². The van der Waals surface area contributed by atoms with Crippen molar-refractivity contribution in [2.75, 3.05) is 19.6 Å². The van der Waals surface area contributed by atoms with Crippen molar-refractivity contribution in [3.8, 4) is 0 Å². The van der Waals surface area contributed by atoms with E-state index in [1.807, 2.05) is 12.1 Å². The molecular formula is C20H31IN4O. The van der Waals surface area contributed by atoms with Crippen molar-refractivity contribution in [2.45, 2.75) is 40.4 Å². The smallest absolute Gasteiger partial charge is 0.191 e. The first-order valence-electron chi connectivity index (χ1n) is 9.09. The van der Waals surface area contributed by atoms with Crippen LogP contribution < -0.4 is 10.6 Å². The van der Waals surface area contributed by atoms with Gasteiger partial charge in [-0.05, 0) is 43.3 Å². The van der Waals surface area contributed by atoms with Crippen LogP contribution in [-0.2, 0) is 19.6 Å². The molecule has 2 N–H and O–H groups in total. The van der Waals surface area contributed by atoms with Crippen molar-refractivity contribution >= 4 is 29.9 Å². The SMILES string of the molecule is CCNC(=NCc1cccc(CN(CC)CC)c1)NCc1ccco1.I. The predicted octanol–water partition coefficient (Wildman–Crippen LogP) is 3.99. The molecule has 0 saturated heterocycles. The summed E-state index contributed by atoms with van der Waals surface area (Å²) in [5.41, 5.74) is 2.56. The molecule has 0 unspecified atom stereocenters. The van der Waals surface area contributed by atoms with Crippen LogP contribution in [0.25, 0.3) is 0 Å². The zero-order valence-electron chi connectivity index (χ0n) is 16.0. The summed E-state index contributed by atoms with van der Waals surface area (Å²) in [5, 5.41) is 6.56. The number of benzene rings is 1. The molecule has 1 aromatic carbocycles. The maximum Gasteiger partial charge on any atom is 0.191 e. The van der Waals surface area contributed by atoms with E-state index >= 15 is 0 Å². The van der Waals surface area contributed by atoms with Crippen molar-refractivity contribution in [2.24, 2.45) is 4.99 Å². The van der Waals surface area contributed by atoms with Crippen LogP contribution in [-0.4, -0.2) is 30.5 Å². The van der Waals surface area contributed by atoms with Gasteiger partial charge in [-0.15, -0.1) is 24.0 Å². The van der Waals surface area contributed by atoms with Crippen LogP contribution in [0.5, 0.6) is 0 Å². The lowest BCUT2D eigenvalue weighted by Crippen LogP contribution is -2.36. The van der Waals surface area contributed by atoms with E-state index in [1.54, 1.807) is 6.26 Å². The quantitative estimate of drug-likeness (QED) is 0.331. The third-order valence-electron chi connectivity index (χ3n) is 4.07. The fourth-order valence-electron chi connectivity index (χ4n) is 2.63. The molecule has 144 valence electrons. The fourth-order valence-corrected chi connectivity index (χ4v) is 2.63. The average Bonchev–Trinajstić information content (AvgIpc) is 3.16. The molecule has 0 bridgehead atoms. The van der Waals surface area contributed by atoms with Crippen molar-refractivity contribution < 1.29 is 4.42 Å². The largest absolute Gasteiger partial charge is 0.467 e. The first-order chi connectivity index (χ1) is 12.2. The van der Waals surface area contributed by atoms with E-state index in [1.165, 1.54) is 11.1 Å². The minimum absolute atomic E-state index is 0. The molecule has 0 radical (unpaired) electrons. The number of guanidine groups is 1. The molecule has 1 aromatic heterocycles. The molecule has 0 aliphatic carbocycles. The highest BCUT2D eigenvalue weighted by molar-refractivity contribution is 14.0. The molecular weight excluding hydrogens is 439 g/mol. The van der Waals surface area contributed by atoms with Gasteiger partial charge >= 0.3 is 0 Å². The van der Waals surface area contributed by atoms with E-state index < -0.39 is 0 Å². The second-order valence-electron chi connectivity index (χ2n) is 5.91. The van der Waals surface area contributed by atoms with Gasteiger partial charge in [0.1, 0.15) is 5.76 Å². The number of nitrogens with one attached hydrogen (secondary N) is 2. The van der Waals surface area contributed by atoms with Crippen molar-refractivity contribution in [1.29, 1.82) is 0 Å². The summed E-state index contributed by atoms with van der Waals surface area (Å²) in [7, 11) is 0. The zero-order chi connectivity index (χ0) is 17.9. The number of hydrogen-bond acceptors (Lipinski definition) is 3. The summed E-state index contributed by atoms with van der Waals surface area (Å²) < 4.78 is 5.35. The minimum Gasteiger partial charge on any atom is -0.467 e. The molecule has 6 heteroatoms. The number of nitrogens with zero attached hydrogens (tertiary/aromatic N) is 2. The third-order valence-corrected chi connectivity index (χ3v) is 4.07. The second-order valence-corrected chi connectivity index (χ2v) is 5.91. The lowest BCUT2D eigenvalue weighted by atomic mass is 10.1. The van der Waals surface area contributed by atoms with Crippen LogP contribution >= 0.6 is 24.0 Å². The van der Waals surface area contributed by atoms with Gasteiger partial charge < -0.3 is 15.1 Å². The summed E-state index contributed by atoms with van der Waals surface area (Å²) in [4.78, 5) is 7.10. The molecule has 0 spiro atoms. The maximum atomic E-state index is 5.35. The molecule has 2 rings (SSSR count). The predicted molar refractivity (Wildman–Crippen MR) is 119 cm³/mol. The summed E-state index contributed by atoms with van der Waals surface area (Å²) in [5.74, 6) is 1.69. The monoisotopic (exact) mass is 470 g/mol. The summed E-state index contributed by atoms with van der Waals surface area (Å²) in [6.07, 6.45) is 1.68. The molecule has 0 fully saturated rings. The van der Waals surface area contributed by atoms with E-state index in [0.717, 1.165) is 37.9 Å². The van der Waals surface area contributed by atoms with Gasteiger partial charge in [0, 0.05) is 13.1 Å². The van der Waals surface area contributed by atoms with E-state index in [0.29, 0.717) is 13.1 Å². The molecule has 1 heterocycles. The highest BCUT2D eigenvalue weighted by Gasteiger charge is 2.03. The molecule has 2 aromatic rings. The standard InChI is InChI=1S/C20H30N4O.HI/c1-4-21-20(23-15-19-11-8-12-25-19)22-14-17-9-7-10-18(13-17)16-24(5-2)6-3;/h7-13H,4-6,14-16H2,1-3H3,(H2,21,22,23);1H. The number of furan rings is 1. The highest BCUT2D eigenvalue weighted by Crippen LogP contribution is 2.09. The lowest BCUT2D eigenvalue weighted by Gasteiger charge is -2.18. The van der Waals surface area contributed by atoms with Crippen LogP contribution in [0.4, 0.5) is 0 Å². The maximum absolute atomic E-state index is 5.35. The topological polar surface area (TPSA) is 52.8 Å². The van der Waals surface area contributed by atoms with Crippen molar-refractivity contribution in [3.05, 3.63) is 59.5 Å². The molecule has 0 atom stereocenters. The van der Waals surface area contributed by atoms with Crippen LogP contribution in [0.15, 0.2) is 52.1 Å². The summed E-state index contributed by atoms with van der Waals surface area (Å²) >= 11 is 0. The molecule has 0 aliphatic heterocycles.